The van der Waals surface area contributed by atoms with Crippen molar-refractivity contribution >= 4 is 11.6 Å². The zero-order valence-electron chi connectivity index (χ0n) is 12.0. The molecule has 4 heteroatoms. The molecule has 1 N–H and O–H groups in total. The summed E-state index contributed by atoms with van der Waals surface area (Å²) in [7, 11) is 0. The van der Waals surface area contributed by atoms with Crippen LogP contribution < -0.4 is 10.1 Å². The van der Waals surface area contributed by atoms with Crippen molar-refractivity contribution in [1.82, 2.24) is 5.32 Å². The van der Waals surface area contributed by atoms with Crippen LogP contribution in [0.5, 0.6) is 5.75 Å². The summed E-state index contributed by atoms with van der Waals surface area (Å²) >= 11 is 6.23. The Labute approximate surface area is 121 Å². The van der Waals surface area contributed by atoms with Gasteiger partial charge in [0.2, 0.25) is 0 Å². The van der Waals surface area contributed by atoms with Crippen LogP contribution >= 0.6 is 11.6 Å². The van der Waals surface area contributed by atoms with Gasteiger partial charge in [0.1, 0.15) is 5.75 Å². The second-order valence-electron chi connectivity index (χ2n) is 4.37. The topological polar surface area (TPSA) is 30.5 Å². The van der Waals surface area contributed by atoms with Gasteiger partial charge in [-0.25, -0.2) is 0 Å². The van der Waals surface area contributed by atoms with Crippen molar-refractivity contribution < 1.29 is 9.47 Å². The van der Waals surface area contributed by atoms with Crippen molar-refractivity contribution in [2.45, 2.75) is 33.2 Å². The van der Waals surface area contributed by atoms with Gasteiger partial charge in [-0.3, -0.25) is 0 Å². The molecule has 1 aromatic carbocycles. The van der Waals surface area contributed by atoms with E-state index in [-0.39, 0.29) is 0 Å². The molecule has 0 aliphatic carbocycles. The van der Waals surface area contributed by atoms with E-state index in [0.29, 0.717) is 17.7 Å². The van der Waals surface area contributed by atoms with Crippen LogP contribution in [-0.2, 0) is 4.74 Å². The standard InChI is InChI=1S/C15H24ClNO2/c1-4-17-12(3)13-7-8-15(14(16)11-13)19-10-6-9-18-5-2/h7-8,11-12,17H,4-6,9-10H2,1-3H3. The molecule has 108 valence electrons. The number of benzene rings is 1. The SMILES string of the molecule is CCNC(C)c1ccc(OCCCOCC)c(Cl)c1. The Hall–Kier alpha value is -0.770. The fraction of sp³-hybridized carbons (Fsp3) is 0.600. The highest BCUT2D eigenvalue weighted by Crippen LogP contribution is 2.28. The summed E-state index contributed by atoms with van der Waals surface area (Å²) < 4.78 is 10.9. The minimum Gasteiger partial charge on any atom is -0.492 e. The maximum Gasteiger partial charge on any atom is 0.137 e. The van der Waals surface area contributed by atoms with Gasteiger partial charge in [0.25, 0.3) is 0 Å². The molecule has 1 atom stereocenters. The molecule has 0 aliphatic rings. The van der Waals surface area contributed by atoms with Crippen LogP contribution in [0, 0.1) is 0 Å². The van der Waals surface area contributed by atoms with Gasteiger partial charge in [-0.05, 0) is 38.1 Å². The highest BCUT2D eigenvalue weighted by molar-refractivity contribution is 6.32. The quantitative estimate of drug-likeness (QED) is 0.700. The lowest BCUT2D eigenvalue weighted by Gasteiger charge is -2.15. The molecule has 0 fully saturated rings. The molecule has 19 heavy (non-hydrogen) atoms. The van der Waals surface area contributed by atoms with Crippen LogP contribution in [0.25, 0.3) is 0 Å². The number of hydrogen-bond donors (Lipinski definition) is 1. The molecule has 0 bridgehead atoms. The van der Waals surface area contributed by atoms with Crippen molar-refractivity contribution in [3.05, 3.63) is 28.8 Å². The molecule has 1 unspecified atom stereocenters. The zero-order valence-corrected chi connectivity index (χ0v) is 12.8. The minimum atomic E-state index is 0.300. The van der Waals surface area contributed by atoms with E-state index in [9.17, 15) is 0 Å². The summed E-state index contributed by atoms with van der Waals surface area (Å²) in [5.41, 5.74) is 1.17. The Bertz CT molecular complexity index is 371. The number of halogens is 1. The van der Waals surface area contributed by atoms with Crippen LogP contribution in [0.3, 0.4) is 0 Å². The van der Waals surface area contributed by atoms with E-state index >= 15 is 0 Å². The third-order valence-corrected chi connectivity index (χ3v) is 3.16. The molecule has 0 heterocycles. The molecule has 0 radical (unpaired) electrons. The van der Waals surface area contributed by atoms with Gasteiger partial charge in [0, 0.05) is 25.7 Å². The maximum atomic E-state index is 6.23. The summed E-state index contributed by atoms with van der Waals surface area (Å²) in [6.45, 7) is 9.24. The van der Waals surface area contributed by atoms with E-state index in [2.05, 4.69) is 25.2 Å². The minimum absolute atomic E-state index is 0.300. The largest absolute Gasteiger partial charge is 0.492 e. The third-order valence-electron chi connectivity index (χ3n) is 2.86. The van der Waals surface area contributed by atoms with Crippen LogP contribution in [0.2, 0.25) is 5.02 Å². The Kier molecular flexibility index (Phi) is 7.87. The molecular formula is C15H24ClNO2. The highest BCUT2D eigenvalue weighted by Gasteiger charge is 2.07. The average molecular weight is 286 g/mol. The first-order valence-corrected chi connectivity index (χ1v) is 7.30. The van der Waals surface area contributed by atoms with E-state index in [4.69, 9.17) is 21.1 Å². The van der Waals surface area contributed by atoms with Gasteiger partial charge < -0.3 is 14.8 Å². The summed E-state index contributed by atoms with van der Waals surface area (Å²) in [4.78, 5) is 0. The van der Waals surface area contributed by atoms with Gasteiger partial charge in [-0.15, -0.1) is 0 Å². The number of hydrogen-bond acceptors (Lipinski definition) is 3. The van der Waals surface area contributed by atoms with E-state index in [1.807, 2.05) is 19.1 Å². The first-order valence-electron chi connectivity index (χ1n) is 6.92. The summed E-state index contributed by atoms with van der Waals surface area (Å²) in [6.07, 6.45) is 0.875. The normalized spacial score (nSPS) is 12.4. The Balaban J connectivity index is 2.47. The highest BCUT2D eigenvalue weighted by atomic mass is 35.5. The molecule has 0 aliphatic heterocycles. The molecular weight excluding hydrogens is 262 g/mol. The zero-order chi connectivity index (χ0) is 14.1. The van der Waals surface area contributed by atoms with E-state index in [0.717, 1.165) is 31.9 Å². The average Bonchev–Trinajstić information content (AvgIpc) is 2.40. The molecule has 0 saturated heterocycles. The van der Waals surface area contributed by atoms with Crippen LogP contribution in [-0.4, -0.2) is 26.4 Å². The number of rotatable bonds is 9. The second-order valence-corrected chi connectivity index (χ2v) is 4.78. The van der Waals surface area contributed by atoms with Crippen molar-refractivity contribution in [2.24, 2.45) is 0 Å². The smallest absolute Gasteiger partial charge is 0.137 e. The van der Waals surface area contributed by atoms with Crippen LogP contribution in [0.1, 0.15) is 38.8 Å². The van der Waals surface area contributed by atoms with E-state index < -0.39 is 0 Å². The summed E-state index contributed by atoms with van der Waals surface area (Å²) in [5, 5.41) is 4.02. The van der Waals surface area contributed by atoms with Gasteiger partial charge in [-0.1, -0.05) is 24.6 Å². The van der Waals surface area contributed by atoms with Crippen molar-refractivity contribution in [2.75, 3.05) is 26.4 Å². The third kappa shape index (κ3) is 5.81. The Morgan fingerprint density at radius 1 is 1.26 bits per heavy atom. The van der Waals surface area contributed by atoms with Gasteiger partial charge in [0.05, 0.1) is 11.6 Å². The molecule has 3 nitrogen and oxygen atoms in total. The Morgan fingerprint density at radius 2 is 2.05 bits per heavy atom. The lowest BCUT2D eigenvalue weighted by molar-refractivity contribution is 0.131. The summed E-state index contributed by atoms with van der Waals surface area (Å²) in [6, 6.07) is 6.25. The van der Waals surface area contributed by atoms with Gasteiger partial charge in [-0.2, -0.15) is 0 Å². The lowest BCUT2D eigenvalue weighted by Crippen LogP contribution is -2.17. The first-order chi connectivity index (χ1) is 9.19. The van der Waals surface area contributed by atoms with Gasteiger partial charge in [0.15, 0.2) is 0 Å². The molecule has 0 saturated carbocycles. The Morgan fingerprint density at radius 3 is 2.68 bits per heavy atom. The fourth-order valence-corrected chi connectivity index (χ4v) is 2.06. The monoisotopic (exact) mass is 285 g/mol. The molecule has 0 spiro atoms. The van der Waals surface area contributed by atoms with Crippen molar-refractivity contribution in [3.63, 3.8) is 0 Å². The van der Waals surface area contributed by atoms with Gasteiger partial charge >= 0.3 is 0 Å². The maximum absolute atomic E-state index is 6.23. The molecule has 0 aromatic heterocycles. The molecule has 0 amide bonds. The van der Waals surface area contributed by atoms with Crippen molar-refractivity contribution in [3.8, 4) is 5.75 Å². The fourth-order valence-electron chi connectivity index (χ4n) is 1.81. The van der Waals surface area contributed by atoms with E-state index in [1.54, 1.807) is 0 Å². The number of nitrogens with one attached hydrogen (secondary N) is 1. The van der Waals surface area contributed by atoms with Crippen molar-refractivity contribution in [1.29, 1.82) is 0 Å². The lowest BCUT2D eigenvalue weighted by atomic mass is 10.1. The predicted molar refractivity (Wildman–Crippen MR) is 80.1 cm³/mol. The number of ether oxygens (including phenoxy) is 2. The molecule has 1 rings (SSSR count). The summed E-state index contributed by atoms with van der Waals surface area (Å²) in [5.74, 6) is 0.741. The first kappa shape index (κ1) is 16.3. The van der Waals surface area contributed by atoms with E-state index in [1.165, 1.54) is 5.56 Å². The predicted octanol–water partition coefficient (Wildman–Crippen LogP) is 3.82. The molecule has 1 aromatic rings. The van der Waals surface area contributed by atoms with Crippen LogP contribution in [0.4, 0.5) is 0 Å². The van der Waals surface area contributed by atoms with Crippen LogP contribution in [0.15, 0.2) is 18.2 Å². The second kappa shape index (κ2) is 9.18.